The lowest BCUT2D eigenvalue weighted by atomic mass is 10.1. The smallest absolute Gasteiger partial charge is 0.304 e. The monoisotopic (exact) mass is 293 g/mol. The number of rotatable bonds is 10. The molecule has 4 heteroatoms. The first-order valence-corrected chi connectivity index (χ1v) is 7.61. The van der Waals surface area contributed by atoms with E-state index in [1.807, 2.05) is 31.2 Å². The fourth-order valence-corrected chi connectivity index (χ4v) is 2.03. The average molecular weight is 293 g/mol. The van der Waals surface area contributed by atoms with E-state index in [-0.39, 0.29) is 6.42 Å². The van der Waals surface area contributed by atoms with Crippen molar-refractivity contribution in [2.75, 3.05) is 26.2 Å². The topological polar surface area (TPSA) is 49.8 Å². The summed E-state index contributed by atoms with van der Waals surface area (Å²) in [7, 11) is 0. The van der Waals surface area contributed by atoms with Crippen molar-refractivity contribution < 1.29 is 14.6 Å². The predicted octanol–water partition coefficient (Wildman–Crippen LogP) is 3.20. The lowest BCUT2D eigenvalue weighted by molar-refractivity contribution is -0.137. The number of hydrogen-bond donors (Lipinski definition) is 1. The van der Waals surface area contributed by atoms with E-state index in [9.17, 15) is 4.79 Å². The number of nitrogens with zero attached hydrogens (tertiary/aromatic N) is 1. The zero-order valence-corrected chi connectivity index (χ0v) is 13.3. The Bertz CT molecular complexity index is 432. The van der Waals surface area contributed by atoms with Gasteiger partial charge in [0.25, 0.3) is 0 Å². The maximum absolute atomic E-state index is 10.7. The van der Waals surface area contributed by atoms with Gasteiger partial charge in [0.15, 0.2) is 0 Å². The molecule has 0 saturated carbocycles. The number of hydrogen-bond acceptors (Lipinski definition) is 3. The molecule has 0 bridgehead atoms. The quantitative estimate of drug-likeness (QED) is 0.720. The third-order valence-electron chi connectivity index (χ3n) is 3.33. The fourth-order valence-electron chi connectivity index (χ4n) is 2.03. The third-order valence-corrected chi connectivity index (χ3v) is 3.33. The standard InChI is InChI=1S/C17H27NO3/c1-14(2)7-9-18(10-8-17(19)20)11-12-21-16-6-4-5-15(3)13-16/h4-6,13-14H,7-12H2,1-3H3,(H,19,20). The Balaban J connectivity index is 2.38. The molecule has 0 atom stereocenters. The van der Waals surface area contributed by atoms with Crippen molar-refractivity contribution in [1.82, 2.24) is 4.90 Å². The minimum atomic E-state index is -0.746. The number of benzene rings is 1. The summed E-state index contributed by atoms with van der Waals surface area (Å²) >= 11 is 0. The summed E-state index contributed by atoms with van der Waals surface area (Å²) < 4.78 is 5.74. The number of carboxylic acid groups (broad SMARTS) is 1. The van der Waals surface area contributed by atoms with Crippen molar-refractivity contribution in [2.24, 2.45) is 5.92 Å². The van der Waals surface area contributed by atoms with Crippen molar-refractivity contribution in [1.29, 1.82) is 0 Å². The number of ether oxygens (including phenoxy) is 1. The Kier molecular flexibility index (Phi) is 7.83. The molecule has 4 nitrogen and oxygen atoms in total. The molecule has 0 spiro atoms. The summed E-state index contributed by atoms with van der Waals surface area (Å²) in [5.41, 5.74) is 1.18. The second kappa shape index (κ2) is 9.40. The Hall–Kier alpha value is -1.55. The molecule has 0 aromatic heterocycles. The zero-order chi connectivity index (χ0) is 15.7. The van der Waals surface area contributed by atoms with Gasteiger partial charge in [-0.25, -0.2) is 0 Å². The van der Waals surface area contributed by atoms with Gasteiger partial charge in [-0.1, -0.05) is 26.0 Å². The molecule has 1 rings (SSSR count). The minimum absolute atomic E-state index is 0.183. The van der Waals surface area contributed by atoms with Crippen LogP contribution in [0.25, 0.3) is 0 Å². The highest BCUT2D eigenvalue weighted by molar-refractivity contribution is 5.66. The molecule has 118 valence electrons. The van der Waals surface area contributed by atoms with Crippen molar-refractivity contribution in [3.63, 3.8) is 0 Å². The summed E-state index contributed by atoms with van der Waals surface area (Å²) in [6, 6.07) is 7.97. The molecule has 1 N–H and O–H groups in total. The Labute approximate surface area is 127 Å². The third kappa shape index (κ3) is 8.35. The van der Waals surface area contributed by atoms with Gasteiger partial charge in [0, 0.05) is 13.1 Å². The fraction of sp³-hybridized carbons (Fsp3) is 0.588. The lowest BCUT2D eigenvalue weighted by Crippen LogP contribution is -2.32. The molecule has 1 aromatic carbocycles. The highest BCUT2D eigenvalue weighted by Gasteiger charge is 2.09. The van der Waals surface area contributed by atoms with Gasteiger partial charge < -0.3 is 9.84 Å². The normalized spacial score (nSPS) is 11.1. The van der Waals surface area contributed by atoms with E-state index in [0.29, 0.717) is 19.1 Å². The van der Waals surface area contributed by atoms with E-state index in [4.69, 9.17) is 9.84 Å². The molecule has 0 aliphatic rings. The molecule has 0 aliphatic heterocycles. The molecule has 0 saturated heterocycles. The van der Waals surface area contributed by atoms with Gasteiger partial charge in [-0.2, -0.15) is 0 Å². The molecule has 0 amide bonds. The molecule has 1 aromatic rings. The molecule has 0 fully saturated rings. The Morgan fingerprint density at radius 1 is 1.29 bits per heavy atom. The first-order chi connectivity index (χ1) is 9.97. The lowest BCUT2D eigenvalue weighted by Gasteiger charge is -2.22. The van der Waals surface area contributed by atoms with E-state index in [1.165, 1.54) is 5.56 Å². The Morgan fingerprint density at radius 2 is 2.05 bits per heavy atom. The highest BCUT2D eigenvalue weighted by atomic mass is 16.5. The molecular weight excluding hydrogens is 266 g/mol. The molecule has 0 heterocycles. The average Bonchev–Trinajstić information content (AvgIpc) is 2.41. The SMILES string of the molecule is Cc1cccc(OCCN(CCC(=O)O)CCC(C)C)c1. The highest BCUT2D eigenvalue weighted by Crippen LogP contribution is 2.12. The minimum Gasteiger partial charge on any atom is -0.492 e. The predicted molar refractivity (Wildman–Crippen MR) is 84.8 cm³/mol. The van der Waals surface area contributed by atoms with Gasteiger partial charge in [-0.05, 0) is 43.5 Å². The van der Waals surface area contributed by atoms with E-state index in [0.717, 1.165) is 25.3 Å². The van der Waals surface area contributed by atoms with Crippen LogP contribution >= 0.6 is 0 Å². The second-order valence-electron chi connectivity index (χ2n) is 5.83. The summed E-state index contributed by atoms with van der Waals surface area (Å²) in [5.74, 6) is 0.746. The number of aryl methyl sites for hydroxylation is 1. The van der Waals surface area contributed by atoms with Gasteiger partial charge in [0.2, 0.25) is 0 Å². The van der Waals surface area contributed by atoms with Crippen LogP contribution in [-0.2, 0) is 4.79 Å². The summed E-state index contributed by atoms with van der Waals surface area (Å²) in [6.45, 7) is 9.24. The second-order valence-corrected chi connectivity index (χ2v) is 5.83. The number of carbonyl (C=O) groups is 1. The van der Waals surface area contributed by atoms with Crippen LogP contribution in [0, 0.1) is 12.8 Å². The molecule has 0 aliphatic carbocycles. The molecule has 21 heavy (non-hydrogen) atoms. The zero-order valence-electron chi connectivity index (χ0n) is 13.3. The summed E-state index contributed by atoms with van der Waals surface area (Å²) in [6.07, 6.45) is 1.26. The Morgan fingerprint density at radius 3 is 2.67 bits per heavy atom. The van der Waals surface area contributed by atoms with E-state index in [2.05, 4.69) is 18.7 Å². The van der Waals surface area contributed by atoms with Crippen molar-refractivity contribution in [2.45, 2.75) is 33.6 Å². The van der Waals surface area contributed by atoms with Gasteiger partial charge in [0.1, 0.15) is 12.4 Å². The van der Waals surface area contributed by atoms with E-state index >= 15 is 0 Å². The number of carboxylic acids is 1. The largest absolute Gasteiger partial charge is 0.492 e. The van der Waals surface area contributed by atoms with Crippen LogP contribution in [0.3, 0.4) is 0 Å². The van der Waals surface area contributed by atoms with Crippen molar-refractivity contribution >= 4 is 5.97 Å². The summed E-state index contributed by atoms with van der Waals surface area (Å²) in [4.78, 5) is 12.9. The molecular formula is C17H27NO3. The maximum atomic E-state index is 10.7. The molecule has 0 radical (unpaired) electrons. The van der Waals surface area contributed by atoms with E-state index in [1.54, 1.807) is 0 Å². The van der Waals surface area contributed by atoms with Crippen LogP contribution in [0.5, 0.6) is 5.75 Å². The first kappa shape index (κ1) is 17.5. The van der Waals surface area contributed by atoms with E-state index < -0.39 is 5.97 Å². The maximum Gasteiger partial charge on any atom is 0.304 e. The van der Waals surface area contributed by atoms with Crippen molar-refractivity contribution in [3.8, 4) is 5.75 Å². The van der Waals surface area contributed by atoms with Crippen LogP contribution in [-0.4, -0.2) is 42.2 Å². The van der Waals surface area contributed by atoms with Crippen LogP contribution in [0.2, 0.25) is 0 Å². The summed E-state index contributed by atoms with van der Waals surface area (Å²) in [5, 5.41) is 8.82. The molecule has 0 unspecified atom stereocenters. The first-order valence-electron chi connectivity index (χ1n) is 7.61. The van der Waals surface area contributed by atoms with Crippen LogP contribution < -0.4 is 4.74 Å². The van der Waals surface area contributed by atoms with Gasteiger partial charge in [0.05, 0.1) is 6.42 Å². The number of aliphatic carboxylic acids is 1. The van der Waals surface area contributed by atoms with Crippen LogP contribution in [0.15, 0.2) is 24.3 Å². The van der Waals surface area contributed by atoms with Gasteiger partial charge in [-0.15, -0.1) is 0 Å². The van der Waals surface area contributed by atoms with Crippen LogP contribution in [0.1, 0.15) is 32.3 Å². The van der Waals surface area contributed by atoms with Crippen LogP contribution in [0.4, 0.5) is 0 Å². The van der Waals surface area contributed by atoms with Gasteiger partial charge in [-0.3, -0.25) is 9.69 Å². The van der Waals surface area contributed by atoms with Crippen molar-refractivity contribution in [3.05, 3.63) is 29.8 Å². The van der Waals surface area contributed by atoms with Gasteiger partial charge >= 0.3 is 5.97 Å².